The zero-order chi connectivity index (χ0) is 18.6. The van der Waals surface area contributed by atoms with Crippen LogP contribution in [0.15, 0.2) is 53.0 Å². The molecule has 2 aromatic rings. The number of nitrogens with one attached hydrogen (secondary N) is 1. The Morgan fingerprint density at radius 2 is 1.80 bits per heavy atom. The van der Waals surface area contributed by atoms with E-state index in [2.05, 4.69) is 15.9 Å². The predicted molar refractivity (Wildman–Crippen MR) is 87.6 cm³/mol. The number of benzene rings is 2. The van der Waals surface area contributed by atoms with Crippen molar-refractivity contribution >= 4 is 21.8 Å². The lowest BCUT2D eigenvalue weighted by atomic mass is 10.1. The predicted octanol–water partition coefficient (Wildman–Crippen LogP) is 4.78. The molecule has 2 atom stereocenters. The van der Waals surface area contributed by atoms with Gasteiger partial charge in [0.25, 0.3) is 5.91 Å². The monoisotopic (exact) mass is 419 g/mol. The average molecular weight is 420 g/mol. The summed E-state index contributed by atoms with van der Waals surface area (Å²) in [5, 5.41) is 1.95. The van der Waals surface area contributed by atoms with E-state index in [1.165, 1.54) is 37.3 Å². The minimum absolute atomic E-state index is 0.0847. The van der Waals surface area contributed by atoms with E-state index in [0.29, 0.717) is 0 Å². The molecule has 0 spiro atoms. The van der Waals surface area contributed by atoms with E-state index in [-0.39, 0.29) is 15.8 Å². The fraction of sp³-hybridized carbons (Fsp3) is 0.235. The Kier molecular flexibility index (Phi) is 6.05. The van der Waals surface area contributed by atoms with E-state index in [0.717, 1.165) is 12.1 Å². The molecule has 1 N–H and O–H groups in total. The molecular formula is C17H14BrF4NO2. The summed E-state index contributed by atoms with van der Waals surface area (Å²) in [4.78, 5) is 12.1. The molecule has 0 aromatic heterocycles. The third kappa shape index (κ3) is 5.19. The van der Waals surface area contributed by atoms with Crippen LogP contribution in [-0.2, 0) is 4.79 Å². The topological polar surface area (TPSA) is 38.3 Å². The minimum Gasteiger partial charge on any atom is -0.480 e. The second-order valence-corrected chi connectivity index (χ2v) is 6.08. The van der Waals surface area contributed by atoms with Crippen molar-refractivity contribution in [3.63, 3.8) is 0 Å². The Labute approximate surface area is 150 Å². The highest BCUT2D eigenvalue weighted by atomic mass is 79.9. The number of rotatable bonds is 5. The molecule has 0 heterocycles. The van der Waals surface area contributed by atoms with Crippen molar-refractivity contribution in [2.45, 2.75) is 25.2 Å². The first kappa shape index (κ1) is 19.2. The van der Waals surface area contributed by atoms with E-state index in [4.69, 9.17) is 4.74 Å². The van der Waals surface area contributed by atoms with Crippen LogP contribution in [0.1, 0.15) is 18.5 Å². The van der Waals surface area contributed by atoms with Crippen LogP contribution >= 0.6 is 15.9 Å². The third-order valence-corrected chi connectivity index (χ3v) is 3.93. The van der Waals surface area contributed by atoms with Gasteiger partial charge < -0.3 is 10.1 Å². The van der Waals surface area contributed by atoms with Gasteiger partial charge in [0.05, 0.1) is 4.47 Å². The van der Waals surface area contributed by atoms with Gasteiger partial charge in [-0.1, -0.05) is 30.3 Å². The summed E-state index contributed by atoms with van der Waals surface area (Å²) in [7, 11) is 0. The van der Waals surface area contributed by atoms with Crippen molar-refractivity contribution < 1.29 is 27.1 Å². The fourth-order valence-electron chi connectivity index (χ4n) is 2.07. The van der Waals surface area contributed by atoms with Crippen LogP contribution in [0.4, 0.5) is 17.6 Å². The van der Waals surface area contributed by atoms with Crippen LogP contribution in [0, 0.1) is 5.82 Å². The first-order chi connectivity index (χ1) is 11.7. The molecule has 0 saturated heterocycles. The van der Waals surface area contributed by atoms with Crippen molar-refractivity contribution in [3.8, 4) is 5.75 Å². The summed E-state index contributed by atoms with van der Waals surface area (Å²) in [5.74, 6) is -1.31. The van der Waals surface area contributed by atoms with Crippen molar-refractivity contribution in [1.29, 1.82) is 0 Å². The lowest BCUT2D eigenvalue weighted by molar-refractivity contribution is -0.165. The first-order valence-electron chi connectivity index (χ1n) is 7.22. The molecule has 0 bridgehead atoms. The number of alkyl halides is 3. The van der Waals surface area contributed by atoms with Crippen LogP contribution in [0.25, 0.3) is 0 Å². The lowest BCUT2D eigenvalue weighted by Gasteiger charge is -2.24. The Hall–Kier alpha value is -2.09. The van der Waals surface area contributed by atoms with Gasteiger partial charge in [-0.05, 0) is 46.6 Å². The van der Waals surface area contributed by atoms with Crippen LogP contribution in [-0.4, -0.2) is 18.2 Å². The highest BCUT2D eigenvalue weighted by Crippen LogP contribution is 2.33. The summed E-state index contributed by atoms with van der Waals surface area (Å²) >= 11 is 3.07. The normalized spacial score (nSPS) is 13.8. The number of carbonyl (C=O) groups excluding carboxylic acids is 1. The van der Waals surface area contributed by atoms with Crippen LogP contribution < -0.4 is 10.1 Å². The highest BCUT2D eigenvalue weighted by molar-refractivity contribution is 9.10. The molecule has 0 aliphatic heterocycles. The molecule has 2 rings (SSSR count). The molecule has 0 radical (unpaired) electrons. The van der Waals surface area contributed by atoms with E-state index < -0.39 is 30.0 Å². The van der Waals surface area contributed by atoms with Gasteiger partial charge in [-0.15, -0.1) is 0 Å². The standard InChI is InChI=1S/C17H14BrF4NO2/c1-10(25-14-8-7-12(19)9-13(14)18)16(24)23-15(17(20,21)22)11-5-3-2-4-6-11/h2-10,15H,1H3,(H,23,24). The summed E-state index contributed by atoms with van der Waals surface area (Å²) in [6.45, 7) is 1.31. The maximum absolute atomic E-state index is 13.3. The van der Waals surface area contributed by atoms with Crippen LogP contribution in [0.3, 0.4) is 0 Å². The zero-order valence-electron chi connectivity index (χ0n) is 13.0. The van der Waals surface area contributed by atoms with Crippen molar-refractivity contribution in [3.05, 3.63) is 64.4 Å². The highest BCUT2D eigenvalue weighted by Gasteiger charge is 2.42. The molecule has 8 heteroatoms. The maximum Gasteiger partial charge on any atom is 0.412 e. The lowest BCUT2D eigenvalue weighted by Crippen LogP contribution is -2.43. The van der Waals surface area contributed by atoms with Crippen molar-refractivity contribution in [2.24, 2.45) is 0 Å². The summed E-state index contributed by atoms with van der Waals surface area (Å²) < 4.78 is 58.4. The van der Waals surface area contributed by atoms with E-state index >= 15 is 0 Å². The van der Waals surface area contributed by atoms with Gasteiger partial charge in [-0.2, -0.15) is 13.2 Å². The zero-order valence-corrected chi connectivity index (χ0v) is 14.6. The molecule has 0 aliphatic rings. The van der Waals surface area contributed by atoms with Gasteiger partial charge in [0.2, 0.25) is 0 Å². The molecule has 1 amide bonds. The molecule has 0 fully saturated rings. The summed E-state index contributed by atoms with van der Waals surface area (Å²) in [5.41, 5.74) is -0.0847. The van der Waals surface area contributed by atoms with Gasteiger partial charge in [-0.25, -0.2) is 4.39 Å². The van der Waals surface area contributed by atoms with Crippen LogP contribution in [0.2, 0.25) is 0 Å². The quantitative estimate of drug-likeness (QED) is 0.708. The Morgan fingerprint density at radius 3 is 2.36 bits per heavy atom. The fourth-order valence-corrected chi connectivity index (χ4v) is 2.52. The number of carbonyl (C=O) groups is 1. The molecule has 0 saturated carbocycles. The number of hydrogen-bond donors (Lipinski definition) is 1. The molecule has 2 unspecified atom stereocenters. The molecule has 25 heavy (non-hydrogen) atoms. The molecule has 3 nitrogen and oxygen atoms in total. The number of ether oxygens (including phenoxy) is 1. The SMILES string of the molecule is CC(Oc1ccc(F)cc1Br)C(=O)NC(c1ccccc1)C(F)(F)F. The second kappa shape index (κ2) is 7.86. The molecular weight excluding hydrogens is 406 g/mol. The van der Waals surface area contributed by atoms with E-state index in [1.54, 1.807) is 6.07 Å². The van der Waals surface area contributed by atoms with Gasteiger partial charge in [0.1, 0.15) is 11.6 Å². The minimum atomic E-state index is -4.66. The largest absolute Gasteiger partial charge is 0.480 e. The van der Waals surface area contributed by atoms with Crippen molar-refractivity contribution in [1.82, 2.24) is 5.32 Å². The third-order valence-electron chi connectivity index (χ3n) is 3.31. The Bertz CT molecular complexity index is 737. The van der Waals surface area contributed by atoms with Gasteiger partial charge >= 0.3 is 6.18 Å². The smallest absolute Gasteiger partial charge is 0.412 e. The molecule has 2 aromatic carbocycles. The van der Waals surface area contributed by atoms with Gasteiger partial charge in [0, 0.05) is 0 Å². The summed E-state index contributed by atoms with van der Waals surface area (Å²) in [6, 6.07) is 8.42. The van der Waals surface area contributed by atoms with Crippen LogP contribution in [0.5, 0.6) is 5.75 Å². The summed E-state index contributed by atoms with van der Waals surface area (Å²) in [6.07, 6.45) is -5.87. The second-order valence-electron chi connectivity index (χ2n) is 5.23. The number of hydrogen-bond acceptors (Lipinski definition) is 2. The van der Waals surface area contributed by atoms with Crippen molar-refractivity contribution in [2.75, 3.05) is 0 Å². The maximum atomic E-state index is 13.3. The van der Waals surface area contributed by atoms with Gasteiger partial charge in [0.15, 0.2) is 12.1 Å². The van der Waals surface area contributed by atoms with E-state index in [1.807, 2.05) is 5.32 Å². The number of halogens is 5. The Morgan fingerprint density at radius 1 is 1.16 bits per heavy atom. The molecule has 134 valence electrons. The van der Waals surface area contributed by atoms with Gasteiger partial charge in [-0.3, -0.25) is 4.79 Å². The first-order valence-corrected chi connectivity index (χ1v) is 8.01. The Balaban J connectivity index is 2.12. The molecule has 0 aliphatic carbocycles. The number of amides is 1. The van der Waals surface area contributed by atoms with E-state index in [9.17, 15) is 22.4 Å². The average Bonchev–Trinajstić information content (AvgIpc) is 2.54.